The molecule has 1 aliphatic carbocycles. The van der Waals surface area contributed by atoms with Gasteiger partial charge in [0.05, 0.1) is 12.7 Å². The van der Waals surface area contributed by atoms with E-state index in [1.165, 1.54) is 18.4 Å². The zero-order valence-corrected chi connectivity index (χ0v) is 8.24. The van der Waals surface area contributed by atoms with Gasteiger partial charge in [-0.3, -0.25) is 4.68 Å². The third-order valence-corrected chi connectivity index (χ3v) is 2.34. The summed E-state index contributed by atoms with van der Waals surface area (Å²) in [6, 6.07) is 0.754. The molecule has 0 radical (unpaired) electrons. The Hall–Kier alpha value is -1.27. The van der Waals surface area contributed by atoms with Crippen molar-refractivity contribution in [2.24, 2.45) is 0 Å². The summed E-state index contributed by atoms with van der Waals surface area (Å²) in [5.74, 6) is 2.61. The molecule has 74 valence electrons. The third kappa shape index (κ3) is 2.61. The summed E-state index contributed by atoms with van der Waals surface area (Å²) in [5.41, 5.74) is 1.24. The Kier molecular flexibility index (Phi) is 2.85. The van der Waals surface area contributed by atoms with Crippen LogP contribution in [0.15, 0.2) is 12.4 Å². The second-order valence-electron chi connectivity index (χ2n) is 3.72. The van der Waals surface area contributed by atoms with E-state index in [1.54, 1.807) is 0 Å². The maximum absolute atomic E-state index is 5.19. The predicted octanol–water partition coefficient (Wildman–Crippen LogP) is 1.16. The molecule has 0 unspecified atom stereocenters. The minimum Gasteiger partial charge on any atom is -0.310 e. The summed E-state index contributed by atoms with van der Waals surface area (Å²) in [5, 5.41) is 7.68. The molecule has 0 aliphatic heterocycles. The topological polar surface area (TPSA) is 29.9 Å². The van der Waals surface area contributed by atoms with Crippen LogP contribution in [0, 0.1) is 12.3 Å². The van der Waals surface area contributed by atoms with Crippen LogP contribution in [-0.4, -0.2) is 15.8 Å². The maximum atomic E-state index is 5.19. The quantitative estimate of drug-likeness (QED) is 0.704. The molecular formula is C11H15N3. The average Bonchev–Trinajstić information content (AvgIpc) is 2.92. The summed E-state index contributed by atoms with van der Waals surface area (Å²) in [6.07, 6.45) is 12.6. The van der Waals surface area contributed by atoms with Crippen LogP contribution in [0.25, 0.3) is 0 Å². The standard InChI is InChI=1S/C11H15N3/c1-2-3-6-14-9-10(8-13-14)7-12-11-4-5-11/h1,8-9,11-12H,3-7H2. The van der Waals surface area contributed by atoms with Crippen LogP contribution in [0.2, 0.25) is 0 Å². The van der Waals surface area contributed by atoms with Gasteiger partial charge in [-0.2, -0.15) is 5.10 Å². The van der Waals surface area contributed by atoms with E-state index in [-0.39, 0.29) is 0 Å². The Bertz CT molecular complexity index is 331. The predicted molar refractivity (Wildman–Crippen MR) is 55.5 cm³/mol. The molecule has 0 amide bonds. The highest BCUT2D eigenvalue weighted by molar-refractivity contribution is 5.04. The number of aromatic nitrogens is 2. The summed E-state index contributed by atoms with van der Waals surface area (Å²) in [6.45, 7) is 1.75. The minimum atomic E-state index is 0.747. The van der Waals surface area contributed by atoms with Crippen LogP contribution in [0.3, 0.4) is 0 Å². The van der Waals surface area contributed by atoms with Crippen molar-refractivity contribution in [2.45, 2.75) is 38.4 Å². The molecule has 1 aromatic heterocycles. The van der Waals surface area contributed by atoms with Gasteiger partial charge in [-0.1, -0.05) is 0 Å². The molecule has 2 rings (SSSR count). The lowest BCUT2D eigenvalue weighted by molar-refractivity contribution is 0.627. The molecule has 0 atom stereocenters. The second-order valence-corrected chi connectivity index (χ2v) is 3.72. The zero-order chi connectivity index (χ0) is 9.80. The lowest BCUT2D eigenvalue weighted by atomic mass is 10.3. The number of terminal acetylenes is 1. The number of aryl methyl sites for hydroxylation is 1. The van der Waals surface area contributed by atoms with Crippen molar-refractivity contribution in [3.8, 4) is 12.3 Å². The summed E-state index contributed by atoms with van der Waals surface area (Å²) >= 11 is 0. The van der Waals surface area contributed by atoms with Gasteiger partial charge in [0.1, 0.15) is 0 Å². The Labute approximate surface area is 84.5 Å². The largest absolute Gasteiger partial charge is 0.310 e. The van der Waals surface area contributed by atoms with Gasteiger partial charge in [0.25, 0.3) is 0 Å². The van der Waals surface area contributed by atoms with Crippen molar-refractivity contribution in [1.82, 2.24) is 15.1 Å². The van der Waals surface area contributed by atoms with E-state index >= 15 is 0 Å². The van der Waals surface area contributed by atoms with Crippen molar-refractivity contribution in [3.05, 3.63) is 18.0 Å². The molecule has 1 heterocycles. The Morgan fingerprint density at radius 3 is 3.21 bits per heavy atom. The first-order valence-electron chi connectivity index (χ1n) is 5.06. The van der Waals surface area contributed by atoms with Crippen molar-refractivity contribution in [1.29, 1.82) is 0 Å². The van der Waals surface area contributed by atoms with Gasteiger partial charge in [0.15, 0.2) is 0 Å². The average molecular weight is 189 g/mol. The van der Waals surface area contributed by atoms with Crippen LogP contribution >= 0.6 is 0 Å². The van der Waals surface area contributed by atoms with E-state index in [9.17, 15) is 0 Å². The molecule has 0 saturated heterocycles. The summed E-state index contributed by atoms with van der Waals surface area (Å²) < 4.78 is 1.91. The number of rotatable bonds is 5. The fraction of sp³-hybridized carbons (Fsp3) is 0.545. The van der Waals surface area contributed by atoms with Gasteiger partial charge in [-0.25, -0.2) is 0 Å². The first-order valence-corrected chi connectivity index (χ1v) is 5.06. The van der Waals surface area contributed by atoms with Gasteiger partial charge in [0, 0.05) is 30.8 Å². The molecule has 1 fully saturated rings. The molecule has 1 aliphatic rings. The molecule has 0 aromatic carbocycles. The Morgan fingerprint density at radius 1 is 1.64 bits per heavy atom. The number of hydrogen-bond donors (Lipinski definition) is 1. The molecule has 3 nitrogen and oxygen atoms in total. The fourth-order valence-electron chi connectivity index (χ4n) is 1.35. The van der Waals surface area contributed by atoms with E-state index in [1.807, 2.05) is 10.9 Å². The summed E-state index contributed by atoms with van der Waals surface area (Å²) in [4.78, 5) is 0. The van der Waals surface area contributed by atoms with Gasteiger partial charge in [-0.05, 0) is 12.8 Å². The first-order chi connectivity index (χ1) is 6.88. The normalized spacial score (nSPS) is 15.4. The molecule has 14 heavy (non-hydrogen) atoms. The molecular weight excluding hydrogens is 174 g/mol. The molecule has 1 aromatic rings. The van der Waals surface area contributed by atoms with Crippen LogP contribution in [-0.2, 0) is 13.1 Å². The van der Waals surface area contributed by atoms with E-state index in [2.05, 4.69) is 22.5 Å². The van der Waals surface area contributed by atoms with Crippen LogP contribution < -0.4 is 5.32 Å². The van der Waals surface area contributed by atoms with Gasteiger partial charge >= 0.3 is 0 Å². The second kappa shape index (κ2) is 4.30. The molecule has 1 N–H and O–H groups in total. The van der Waals surface area contributed by atoms with Crippen molar-refractivity contribution in [3.63, 3.8) is 0 Å². The maximum Gasteiger partial charge on any atom is 0.0534 e. The highest BCUT2D eigenvalue weighted by atomic mass is 15.3. The van der Waals surface area contributed by atoms with Crippen molar-refractivity contribution < 1.29 is 0 Å². The van der Waals surface area contributed by atoms with E-state index in [4.69, 9.17) is 6.42 Å². The zero-order valence-electron chi connectivity index (χ0n) is 8.24. The van der Waals surface area contributed by atoms with Gasteiger partial charge in [-0.15, -0.1) is 12.3 Å². The van der Waals surface area contributed by atoms with Crippen LogP contribution in [0.5, 0.6) is 0 Å². The van der Waals surface area contributed by atoms with E-state index in [0.29, 0.717) is 0 Å². The lowest BCUT2D eigenvalue weighted by Gasteiger charge is -1.98. The molecule has 0 bridgehead atoms. The number of nitrogens with zero attached hydrogens (tertiary/aromatic N) is 2. The summed E-state index contributed by atoms with van der Waals surface area (Å²) in [7, 11) is 0. The van der Waals surface area contributed by atoms with Gasteiger partial charge < -0.3 is 5.32 Å². The lowest BCUT2D eigenvalue weighted by Crippen LogP contribution is -2.14. The Balaban J connectivity index is 1.79. The Morgan fingerprint density at radius 2 is 2.50 bits per heavy atom. The minimum absolute atomic E-state index is 0.747. The van der Waals surface area contributed by atoms with Gasteiger partial charge in [0.2, 0.25) is 0 Å². The van der Waals surface area contributed by atoms with Crippen LogP contribution in [0.4, 0.5) is 0 Å². The van der Waals surface area contributed by atoms with Crippen LogP contribution in [0.1, 0.15) is 24.8 Å². The van der Waals surface area contributed by atoms with E-state index in [0.717, 1.165) is 25.6 Å². The molecule has 1 saturated carbocycles. The first kappa shape index (κ1) is 9.29. The van der Waals surface area contributed by atoms with Crippen molar-refractivity contribution in [2.75, 3.05) is 0 Å². The molecule has 0 spiro atoms. The number of hydrogen-bond acceptors (Lipinski definition) is 2. The smallest absolute Gasteiger partial charge is 0.0534 e. The SMILES string of the molecule is C#CCCn1cc(CNC2CC2)cn1. The number of nitrogens with one attached hydrogen (secondary N) is 1. The molecule has 3 heteroatoms. The highest BCUT2D eigenvalue weighted by Crippen LogP contribution is 2.19. The van der Waals surface area contributed by atoms with Crippen molar-refractivity contribution >= 4 is 0 Å². The fourth-order valence-corrected chi connectivity index (χ4v) is 1.35. The monoisotopic (exact) mass is 189 g/mol. The third-order valence-electron chi connectivity index (χ3n) is 2.34. The highest BCUT2D eigenvalue weighted by Gasteiger charge is 2.19. The van der Waals surface area contributed by atoms with E-state index < -0.39 is 0 Å².